The average molecular weight is 315 g/mol. The molecule has 116 valence electrons. The van der Waals surface area contributed by atoms with Gasteiger partial charge in [-0.1, -0.05) is 11.6 Å². The van der Waals surface area contributed by atoms with Crippen LogP contribution in [0.5, 0.6) is 0 Å². The van der Waals surface area contributed by atoms with Gasteiger partial charge in [0.25, 0.3) is 5.69 Å². The van der Waals surface area contributed by atoms with E-state index in [9.17, 15) is 15.2 Å². The van der Waals surface area contributed by atoms with Crippen LogP contribution < -0.4 is 0 Å². The number of aliphatic hydroxyl groups excluding tert-OH is 1. The first-order valence-electron chi connectivity index (χ1n) is 6.74. The first-order chi connectivity index (χ1) is 9.80. The lowest BCUT2D eigenvalue weighted by molar-refractivity contribution is -0.384. The Balaban J connectivity index is 2.12. The summed E-state index contributed by atoms with van der Waals surface area (Å²) in [6.45, 7) is 5.79. The predicted molar refractivity (Wildman–Crippen MR) is 79.4 cm³/mol. The van der Waals surface area contributed by atoms with Crippen LogP contribution in [0.1, 0.15) is 19.4 Å². The van der Waals surface area contributed by atoms with E-state index in [2.05, 4.69) is 4.90 Å². The molecule has 1 atom stereocenters. The van der Waals surface area contributed by atoms with Crippen molar-refractivity contribution in [2.75, 3.05) is 19.7 Å². The van der Waals surface area contributed by atoms with Crippen molar-refractivity contribution in [3.63, 3.8) is 0 Å². The number of morpholine rings is 1. The van der Waals surface area contributed by atoms with Crippen LogP contribution in [0.15, 0.2) is 18.2 Å². The molecule has 6 nitrogen and oxygen atoms in total. The second kappa shape index (κ2) is 6.27. The Morgan fingerprint density at radius 2 is 2.29 bits per heavy atom. The molecule has 1 saturated heterocycles. The number of ether oxygens (including phenoxy) is 1. The van der Waals surface area contributed by atoms with Crippen LogP contribution in [0.2, 0.25) is 5.02 Å². The fourth-order valence-electron chi connectivity index (χ4n) is 2.65. The number of nitro groups is 1. The van der Waals surface area contributed by atoms with Crippen molar-refractivity contribution in [3.05, 3.63) is 38.9 Å². The van der Waals surface area contributed by atoms with Crippen LogP contribution in [0.25, 0.3) is 0 Å². The zero-order chi connectivity index (χ0) is 15.6. The van der Waals surface area contributed by atoms with E-state index in [1.807, 2.05) is 13.8 Å². The van der Waals surface area contributed by atoms with E-state index in [1.165, 1.54) is 12.1 Å². The number of nitro benzene ring substituents is 1. The van der Waals surface area contributed by atoms with Crippen molar-refractivity contribution in [3.8, 4) is 0 Å². The van der Waals surface area contributed by atoms with Crippen molar-refractivity contribution in [1.29, 1.82) is 0 Å². The maximum absolute atomic E-state index is 10.7. The fourth-order valence-corrected chi connectivity index (χ4v) is 2.89. The second-order valence-electron chi connectivity index (χ2n) is 5.88. The minimum atomic E-state index is -0.463. The van der Waals surface area contributed by atoms with Gasteiger partial charge in [0.15, 0.2) is 0 Å². The van der Waals surface area contributed by atoms with Crippen LogP contribution in [0.3, 0.4) is 0 Å². The third-order valence-electron chi connectivity index (χ3n) is 3.40. The summed E-state index contributed by atoms with van der Waals surface area (Å²) in [5, 5.41) is 20.4. The van der Waals surface area contributed by atoms with Crippen LogP contribution in [-0.2, 0) is 11.3 Å². The normalized spacial score (nSPS) is 22.2. The predicted octanol–water partition coefficient (Wildman–Crippen LogP) is 2.22. The zero-order valence-electron chi connectivity index (χ0n) is 12.1. The molecule has 21 heavy (non-hydrogen) atoms. The third kappa shape index (κ3) is 4.14. The molecule has 0 radical (unpaired) electrons. The summed E-state index contributed by atoms with van der Waals surface area (Å²) in [7, 11) is 0. The van der Waals surface area contributed by atoms with Crippen LogP contribution >= 0.6 is 11.6 Å². The Kier molecular flexibility index (Phi) is 4.83. The molecular weight excluding hydrogens is 296 g/mol. The van der Waals surface area contributed by atoms with Gasteiger partial charge in [0.2, 0.25) is 0 Å². The Labute approximate surface area is 128 Å². The number of hydrogen-bond acceptors (Lipinski definition) is 5. The van der Waals surface area contributed by atoms with Crippen molar-refractivity contribution in [1.82, 2.24) is 4.90 Å². The standard InChI is InChI=1S/C14H19ClN2O4/c1-14(2)9-16(7-12(8-18)21-14)6-10-3-4-11(17(19)20)5-13(10)15/h3-5,12,18H,6-9H2,1-2H3. The molecule has 0 amide bonds. The van der Waals surface area contributed by atoms with Gasteiger partial charge in [-0.25, -0.2) is 0 Å². The molecule has 2 rings (SSSR count). The summed E-state index contributed by atoms with van der Waals surface area (Å²) in [6, 6.07) is 4.50. The molecule has 1 N–H and O–H groups in total. The molecule has 1 aromatic carbocycles. The van der Waals surface area contributed by atoms with E-state index in [1.54, 1.807) is 6.07 Å². The Bertz CT molecular complexity index is 536. The molecule has 1 aliphatic rings. The lowest BCUT2D eigenvalue weighted by Crippen LogP contribution is -2.53. The van der Waals surface area contributed by atoms with Gasteiger partial charge in [-0.05, 0) is 25.5 Å². The van der Waals surface area contributed by atoms with Crippen molar-refractivity contribution < 1.29 is 14.8 Å². The molecule has 0 aliphatic carbocycles. The summed E-state index contributed by atoms with van der Waals surface area (Å²) >= 11 is 6.12. The van der Waals surface area contributed by atoms with Gasteiger partial charge in [0, 0.05) is 31.8 Å². The molecular formula is C14H19ClN2O4. The number of rotatable bonds is 4. The Hall–Kier alpha value is -1.21. The smallest absolute Gasteiger partial charge is 0.270 e. The van der Waals surface area contributed by atoms with Gasteiger partial charge in [-0.15, -0.1) is 0 Å². The van der Waals surface area contributed by atoms with E-state index in [4.69, 9.17) is 16.3 Å². The highest BCUT2D eigenvalue weighted by Crippen LogP contribution is 2.27. The average Bonchev–Trinajstić information content (AvgIpc) is 2.39. The number of nitrogens with zero attached hydrogens (tertiary/aromatic N) is 2. The highest BCUT2D eigenvalue weighted by atomic mass is 35.5. The second-order valence-corrected chi connectivity index (χ2v) is 6.29. The third-order valence-corrected chi connectivity index (χ3v) is 3.75. The minimum absolute atomic E-state index is 0.0145. The summed E-state index contributed by atoms with van der Waals surface area (Å²) in [6.07, 6.45) is -0.231. The summed E-state index contributed by atoms with van der Waals surface area (Å²) < 4.78 is 5.76. The first kappa shape index (κ1) is 16.2. The SMILES string of the molecule is CC1(C)CN(Cc2ccc([N+](=O)[O-])cc2Cl)CC(CO)O1. The van der Waals surface area contributed by atoms with E-state index in [-0.39, 0.29) is 24.0 Å². The zero-order valence-corrected chi connectivity index (χ0v) is 12.8. The van der Waals surface area contributed by atoms with E-state index < -0.39 is 4.92 Å². The molecule has 1 fully saturated rings. The van der Waals surface area contributed by atoms with Gasteiger partial charge in [-0.2, -0.15) is 0 Å². The summed E-state index contributed by atoms with van der Waals surface area (Å²) in [5.41, 5.74) is 0.467. The lowest BCUT2D eigenvalue weighted by Gasteiger charge is -2.42. The largest absolute Gasteiger partial charge is 0.394 e. The molecule has 1 unspecified atom stereocenters. The Morgan fingerprint density at radius 1 is 1.57 bits per heavy atom. The number of aliphatic hydroxyl groups is 1. The van der Waals surface area contributed by atoms with Gasteiger partial charge >= 0.3 is 0 Å². The number of hydrogen-bond donors (Lipinski definition) is 1. The first-order valence-corrected chi connectivity index (χ1v) is 7.12. The number of non-ortho nitro benzene ring substituents is 1. The molecule has 0 bridgehead atoms. The quantitative estimate of drug-likeness (QED) is 0.681. The number of benzene rings is 1. The molecule has 0 aromatic heterocycles. The van der Waals surface area contributed by atoms with Gasteiger partial charge in [0.1, 0.15) is 0 Å². The van der Waals surface area contributed by atoms with Crippen LogP contribution in [0, 0.1) is 10.1 Å². The molecule has 1 heterocycles. The van der Waals surface area contributed by atoms with E-state index in [0.717, 1.165) is 5.56 Å². The number of halogens is 1. The maximum atomic E-state index is 10.7. The monoisotopic (exact) mass is 314 g/mol. The van der Waals surface area contributed by atoms with Gasteiger partial charge in [0.05, 0.1) is 28.3 Å². The highest BCUT2D eigenvalue weighted by Gasteiger charge is 2.33. The minimum Gasteiger partial charge on any atom is -0.394 e. The van der Waals surface area contributed by atoms with E-state index >= 15 is 0 Å². The topological polar surface area (TPSA) is 75.8 Å². The molecule has 0 spiro atoms. The molecule has 7 heteroatoms. The lowest BCUT2D eigenvalue weighted by atomic mass is 10.0. The van der Waals surface area contributed by atoms with Gasteiger partial charge in [-0.3, -0.25) is 15.0 Å². The molecule has 0 saturated carbocycles. The van der Waals surface area contributed by atoms with Crippen LogP contribution in [0.4, 0.5) is 5.69 Å². The van der Waals surface area contributed by atoms with Crippen molar-refractivity contribution in [2.24, 2.45) is 0 Å². The van der Waals surface area contributed by atoms with Crippen LogP contribution in [-0.4, -0.2) is 46.3 Å². The maximum Gasteiger partial charge on any atom is 0.270 e. The summed E-state index contributed by atoms with van der Waals surface area (Å²) in [4.78, 5) is 12.4. The molecule has 1 aliphatic heterocycles. The van der Waals surface area contributed by atoms with Crippen molar-refractivity contribution in [2.45, 2.75) is 32.1 Å². The highest BCUT2D eigenvalue weighted by molar-refractivity contribution is 6.31. The summed E-state index contributed by atoms with van der Waals surface area (Å²) in [5.74, 6) is 0. The van der Waals surface area contributed by atoms with E-state index in [0.29, 0.717) is 24.7 Å². The molecule has 1 aromatic rings. The Morgan fingerprint density at radius 3 is 2.86 bits per heavy atom. The fraction of sp³-hybridized carbons (Fsp3) is 0.571. The van der Waals surface area contributed by atoms with Crippen molar-refractivity contribution >= 4 is 17.3 Å². The van der Waals surface area contributed by atoms with Gasteiger partial charge < -0.3 is 9.84 Å².